The summed E-state index contributed by atoms with van der Waals surface area (Å²) in [5.41, 5.74) is 0. The average Bonchev–Trinajstić information content (AvgIpc) is 3.39. The minimum atomic E-state index is 0.119. The van der Waals surface area contributed by atoms with Gasteiger partial charge in [-0.3, -0.25) is 0 Å². The van der Waals surface area contributed by atoms with Crippen LogP contribution in [0.3, 0.4) is 0 Å². The first-order valence-corrected chi connectivity index (χ1v) is 9.31. The van der Waals surface area contributed by atoms with Gasteiger partial charge in [0.25, 0.3) is 0 Å². The molecule has 2 atom stereocenters. The van der Waals surface area contributed by atoms with Crippen molar-refractivity contribution in [3.63, 3.8) is 0 Å². The third-order valence-electron chi connectivity index (χ3n) is 6.27. The van der Waals surface area contributed by atoms with E-state index in [1.54, 1.807) is 0 Å². The van der Waals surface area contributed by atoms with Crippen molar-refractivity contribution in [2.24, 2.45) is 17.8 Å². The van der Waals surface area contributed by atoms with E-state index >= 15 is 0 Å². The van der Waals surface area contributed by atoms with Crippen molar-refractivity contribution in [2.45, 2.75) is 76.3 Å². The summed E-state index contributed by atoms with van der Waals surface area (Å²) in [5.74, 6) is 2.28. The van der Waals surface area contributed by atoms with Gasteiger partial charge in [-0.2, -0.15) is 0 Å². The van der Waals surface area contributed by atoms with Crippen molar-refractivity contribution in [1.82, 2.24) is 10.2 Å². The van der Waals surface area contributed by atoms with Gasteiger partial charge in [0, 0.05) is 25.7 Å². The Bertz CT molecular complexity index is 375. The number of hydrogen-bond donors (Lipinski definition) is 2. The predicted molar refractivity (Wildman–Crippen MR) is 87.6 cm³/mol. The minimum Gasteiger partial charge on any atom is -0.396 e. The molecule has 2 N–H and O–H groups in total. The molecule has 3 aliphatic rings. The number of urea groups is 1. The third kappa shape index (κ3) is 3.95. The Balaban J connectivity index is 1.44. The van der Waals surface area contributed by atoms with Crippen molar-refractivity contribution in [3.05, 3.63) is 0 Å². The SMILES string of the molecule is CN(C(=O)N[C@@H]1CCC[C@@H](C2CC2)C1)C1CCC(CO)CC1. The summed E-state index contributed by atoms with van der Waals surface area (Å²) in [7, 11) is 1.94. The summed E-state index contributed by atoms with van der Waals surface area (Å²) in [5, 5.41) is 12.5. The second kappa shape index (κ2) is 7.20. The quantitative estimate of drug-likeness (QED) is 0.838. The van der Waals surface area contributed by atoms with E-state index in [-0.39, 0.29) is 6.03 Å². The lowest BCUT2D eigenvalue weighted by atomic mass is 9.82. The van der Waals surface area contributed by atoms with Crippen LogP contribution in [-0.4, -0.2) is 41.8 Å². The molecule has 0 aromatic rings. The molecule has 22 heavy (non-hydrogen) atoms. The Kier molecular flexibility index (Phi) is 5.27. The van der Waals surface area contributed by atoms with Gasteiger partial charge in [0.15, 0.2) is 0 Å². The summed E-state index contributed by atoms with van der Waals surface area (Å²) < 4.78 is 0. The molecule has 0 bridgehead atoms. The summed E-state index contributed by atoms with van der Waals surface area (Å²) in [6.07, 6.45) is 12.0. The highest BCUT2D eigenvalue weighted by Gasteiger charge is 2.35. The second-order valence-corrected chi connectivity index (χ2v) is 7.88. The van der Waals surface area contributed by atoms with E-state index in [0.29, 0.717) is 24.6 Å². The van der Waals surface area contributed by atoms with Crippen molar-refractivity contribution in [1.29, 1.82) is 0 Å². The van der Waals surface area contributed by atoms with E-state index in [1.165, 1.54) is 32.1 Å². The van der Waals surface area contributed by atoms with Crippen LogP contribution in [0.15, 0.2) is 0 Å². The van der Waals surface area contributed by atoms with Crippen molar-refractivity contribution < 1.29 is 9.90 Å². The number of hydrogen-bond acceptors (Lipinski definition) is 2. The molecule has 0 saturated heterocycles. The topological polar surface area (TPSA) is 52.6 Å². The normalized spacial score (nSPS) is 35.9. The van der Waals surface area contributed by atoms with Crippen molar-refractivity contribution in [2.75, 3.05) is 13.7 Å². The molecule has 3 saturated carbocycles. The molecule has 3 aliphatic carbocycles. The van der Waals surface area contributed by atoms with Gasteiger partial charge < -0.3 is 15.3 Å². The Labute approximate surface area is 134 Å². The Morgan fingerprint density at radius 2 is 1.77 bits per heavy atom. The average molecular weight is 308 g/mol. The molecule has 0 unspecified atom stereocenters. The molecule has 0 aromatic carbocycles. The number of nitrogens with one attached hydrogen (secondary N) is 1. The van der Waals surface area contributed by atoms with Gasteiger partial charge in [0.05, 0.1) is 0 Å². The van der Waals surface area contributed by atoms with E-state index in [4.69, 9.17) is 0 Å². The zero-order valence-corrected chi connectivity index (χ0v) is 14.0. The van der Waals surface area contributed by atoms with Crippen LogP contribution in [-0.2, 0) is 0 Å². The van der Waals surface area contributed by atoms with E-state index < -0.39 is 0 Å². The number of nitrogens with zero attached hydrogens (tertiary/aromatic N) is 1. The highest BCUT2D eigenvalue weighted by atomic mass is 16.3. The maximum absolute atomic E-state index is 12.5. The van der Waals surface area contributed by atoms with Crippen LogP contribution in [0.1, 0.15) is 64.2 Å². The second-order valence-electron chi connectivity index (χ2n) is 7.88. The van der Waals surface area contributed by atoms with Gasteiger partial charge in [-0.25, -0.2) is 4.79 Å². The maximum Gasteiger partial charge on any atom is 0.317 e. The largest absolute Gasteiger partial charge is 0.396 e. The summed E-state index contributed by atoms with van der Waals surface area (Å²) in [4.78, 5) is 14.4. The number of rotatable bonds is 4. The molecule has 0 spiro atoms. The van der Waals surface area contributed by atoms with Crippen LogP contribution < -0.4 is 5.32 Å². The molecule has 0 radical (unpaired) electrons. The van der Waals surface area contributed by atoms with Crippen LogP contribution in [0.4, 0.5) is 4.79 Å². The monoisotopic (exact) mass is 308 g/mol. The van der Waals surface area contributed by atoms with Gasteiger partial charge in [-0.15, -0.1) is 0 Å². The number of aliphatic hydroxyl groups excluding tert-OH is 1. The van der Waals surface area contributed by atoms with Crippen molar-refractivity contribution >= 4 is 6.03 Å². The Morgan fingerprint density at radius 1 is 1.05 bits per heavy atom. The Hall–Kier alpha value is -0.770. The number of amides is 2. The first-order valence-electron chi connectivity index (χ1n) is 9.31. The Morgan fingerprint density at radius 3 is 2.41 bits per heavy atom. The summed E-state index contributed by atoms with van der Waals surface area (Å²) in [6, 6.07) is 0.864. The van der Waals surface area contributed by atoms with Crippen LogP contribution in [0.25, 0.3) is 0 Å². The molecule has 0 heterocycles. The minimum absolute atomic E-state index is 0.119. The fourth-order valence-corrected chi connectivity index (χ4v) is 4.51. The standard InChI is InChI=1S/C18H32N2O2/c1-20(17-9-5-13(12-21)6-10-17)18(22)19-16-4-2-3-15(11-16)14-7-8-14/h13-17,21H,2-12H2,1H3,(H,19,22)/t13?,15-,16-,17?/m1/s1. The molecule has 2 amide bonds. The smallest absolute Gasteiger partial charge is 0.317 e. The van der Waals surface area contributed by atoms with E-state index in [1.807, 2.05) is 11.9 Å². The fourth-order valence-electron chi connectivity index (χ4n) is 4.51. The van der Waals surface area contributed by atoms with Crippen LogP contribution in [0.2, 0.25) is 0 Å². The lowest BCUT2D eigenvalue weighted by Gasteiger charge is -2.36. The summed E-state index contributed by atoms with van der Waals surface area (Å²) >= 11 is 0. The maximum atomic E-state index is 12.5. The first-order chi connectivity index (χ1) is 10.7. The molecule has 0 aliphatic heterocycles. The molecule has 0 aromatic heterocycles. The fraction of sp³-hybridized carbons (Fsp3) is 0.944. The highest BCUT2D eigenvalue weighted by molar-refractivity contribution is 5.74. The van der Waals surface area contributed by atoms with Crippen LogP contribution in [0.5, 0.6) is 0 Å². The van der Waals surface area contributed by atoms with Gasteiger partial charge in [-0.1, -0.05) is 12.8 Å². The molecule has 3 rings (SSSR count). The van der Waals surface area contributed by atoms with E-state index in [0.717, 1.165) is 43.9 Å². The number of carbonyl (C=O) groups is 1. The van der Waals surface area contributed by atoms with E-state index in [2.05, 4.69) is 5.32 Å². The first kappa shape index (κ1) is 16.1. The lowest BCUT2D eigenvalue weighted by molar-refractivity contribution is 0.130. The molecule has 4 nitrogen and oxygen atoms in total. The van der Waals surface area contributed by atoms with Gasteiger partial charge >= 0.3 is 6.03 Å². The van der Waals surface area contributed by atoms with Gasteiger partial charge in [0.1, 0.15) is 0 Å². The molecule has 4 heteroatoms. The van der Waals surface area contributed by atoms with E-state index in [9.17, 15) is 9.90 Å². The van der Waals surface area contributed by atoms with Gasteiger partial charge in [-0.05, 0) is 69.1 Å². The zero-order chi connectivity index (χ0) is 15.5. The van der Waals surface area contributed by atoms with Crippen molar-refractivity contribution in [3.8, 4) is 0 Å². The lowest BCUT2D eigenvalue weighted by Crippen LogP contribution is -2.49. The molecular weight excluding hydrogens is 276 g/mol. The predicted octanol–water partition coefficient (Wildman–Crippen LogP) is 3.15. The zero-order valence-electron chi connectivity index (χ0n) is 14.0. The molecule has 3 fully saturated rings. The molecule has 126 valence electrons. The van der Waals surface area contributed by atoms with Gasteiger partial charge in [0.2, 0.25) is 0 Å². The van der Waals surface area contributed by atoms with Crippen LogP contribution in [0, 0.1) is 17.8 Å². The highest BCUT2D eigenvalue weighted by Crippen LogP contribution is 2.43. The summed E-state index contributed by atoms with van der Waals surface area (Å²) in [6.45, 7) is 0.299. The van der Waals surface area contributed by atoms with Crippen LogP contribution >= 0.6 is 0 Å². The number of aliphatic hydroxyl groups is 1. The molecular formula is C18H32N2O2. The third-order valence-corrected chi connectivity index (χ3v) is 6.27. The number of carbonyl (C=O) groups excluding carboxylic acids is 1.